The number of nitrogens with zero attached hydrogens (tertiary/aromatic N) is 5. The van der Waals surface area contributed by atoms with Crippen LogP contribution in [0.4, 0.5) is 0 Å². The molecule has 1 heterocycles. The lowest BCUT2D eigenvalue weighted by Crippen LogP contribution is -2.32. The molecule has 1 aliphatic rings. The molecule has 0 saturated carbocycles. The molecule has 0 aliphatic heterocycles. The first-order valence-corrected chi connectivity index (χ1v) is 12.7. The third kappa shape index (κ3) is 5.45. The lowest BCUT2D eigenvalue weighted by atomic mass is 9.97. The normalized spacial score (nSPS) is 14.1. The molecule has 0 atom stereocenters. The van der Waals surface area contributed by atoms with Crippen molar-refractivity contribution >= 4 is 10.0 Å². The highest BCUT2D eigenvalue weighted by Gasteiger charge is 2.26. The van der Waals surface area contributed by atoms with Crippen LogP contribution in [0.1, 0.15) is 37.7 Å². The van der Waals surface area contributed by atoms with E-state index in [4.69, 9.17) is 9.47 Å². The fourth-order valence-corrected chi connectivity index (χ4v) is 5.49. The van der Waals surface area contributed by atoms with E-state index in [9.17, 15) is 8.42 Å². The molecule has 0 saturated heterocycles. The number of rotatable bonds is 10. The first-order valence-electron chi connectivity index (χ1n) is 11.2. The summed E-state index contributed by atoms with van der Waals surface area (Å²) in [6.07, 6.45) is 8.86. The van der Waals surface area contributed by atoms with Crippen molar-refractivity contribution in [3.63, 3.8) is 0 Å². The van der Waals surface area contributed by atoms with Gasteiger partial charge < -0.3 is 9.47 Å². The van der Waals surface area contributed by atoms with Gasteiger partial charge in [-0.05, 0) is 72.4 Å². The number of methoxy groups -OCH3 is 2. The van der Waals surface area contributed by atoms with Gasteiger partial charge in [-0.1, -0.05) is 23.8 Å². The zero-order valence-electron chi connectivity index (χ0n) is 19.4. The minimum absolute atomic E-state index is 0.160. The maximum atomic E-state index is 13.8. The van der Waals surface area contributed by atoms with Crippen molar-refractivity contribution in [2.75, 3.05) is 20.8 Å². The predicted molar refractivity (Wildman–Crippen MR) is 127 cm³/mol. The highest BCUT2D eigenvalue weighted by atomic mass is 32.2. The molecule has 0 N–H and O–H groups in total. The summed E-state index contributed by atoms with van der Waals surface area (Å²) in [4.78, 5) is 0.160. The first kappa shape index (κ1) is 23.9. The van der Waals surface area contributed by atoms with Crippen LogP contribution in [0.15, 0.2) is 65.3 Å². The lowest BCUT2D eigenvalue weighted by Gasteiger charge is -2.24. The Labute approximate surface area is 200 Å². The van der Waals surface area contributed by atoms with Crippen molar-refractivity contribution in [1.29, 1.82) is 0 Å². The number of benzene rings is 2. The number of ether oxygens (including phenoxy) is 2. The van der Waals surface area contributed by atoms with Gasteiger partial charge in [0.1, 0.15) is 23.5 Å². The van der Waals surface area contributed by atoms with Crippen LogP contribution in [-0.4, -0.2) is 53.7 Å². The molecular formula is C24H29N5O4S. The number of sulfonamides is 1. The van der Waals surface area contributed by atoms with Crippen molar-refractivity contribution in [2.45, 2.75) is 43.5 Å². The smallest absolute Gasteiger partial charge is 0.243 e. The van der Waals surface area contributed by atoms with E-state index >= 15 is 0 Å². The molecule has 0 unspecified atom stereocenters. The number of aromatic nitrogens is 4. The Hall–Kier alpha value is -3.24. The maximum Gasteiger partial charge on any atom is 0.243 e. The third-order valence-electron chi connectivity index (χ3n) is 5.97. The van der Waals surface area contributed by atoms with Crippen molar-refractivity contribution < 1.29 is 17.9 Å². The molecule has 9 nitrogen and oxygen atoms in total. The van der Waals surface area contributed by atoms with Crippen molar-refractivity contribution in [3.8, 4) is 17.2 Å². The molecule has 180 valence electrons. The molecule has 0 radical (unpaired) electrons. The molecule has 1 aromatic heterocycles. The largest absolute Gasteiger partial charge is 0.497 e. The Morgan fingerprint density at radius 1 is 1.06 bits per heavy atom. The predicted octanol–water partition coefficient (Wildman–Crippen LogP) is 3.76. The molecule has 4 rings (SSSR count). The van der Waals surface area contributed by atoms with Gasteiger partial charge in [0, 0.05) is 19.2 Å². The van der Waals surface area contributed by atoms with Crippen LogP contribution in [0.25, 0.3) is 5.69 Å². The molecule has 34 heavy (non-hydrogen) atoms. The van der Waals surface area contributed by atoms with Gasteiger partial charge in [0.15, 0.2) is 0 Å². The Morgan fingerprint density at radius 3 is 2.53 bits per heavy atom. The lowest BCUT2D eigenvalue weighted by molar-refractivity contribution is 0.399. The molecule has 2 aromatic carbocycles. The second-order valence-electron chi connectivity index (χ2n) is 8.13. The van der Waals surface area contributed by atoms with E-state index in [1.54, 1.807) is 19.2 Å². The summed E-state index contributed by atoms with van der Waals surface area (Å²) in [5.74, 6) is 1.10. The number of hydrogen-bond acceptors (Lipinski definition) is 7. The fraction of sp³-hybridized carbons (Fsp3) is 0.375. The van der Waals surface area contributed by atoms with Crippen molar-refractivity contribution in [3.05, 3.63) is 66.0 Å². The number of allylic oxidation sites excluding steroid dienone is 1. The minimum Gasteiger partial charge on any atom is -0.497 e. The third-order valence-corrected chi connectivity index (χ3v) is 7.81. The Morgan fingerprint density at radius 2 is 1.88 bits per heavy atom. The average molecular weight is 484 g/mol. The van der Waals surface area contributed by atoms with Crippen molar-refractivity contribution in [1.82, 2.24) is 24.5 Å². The second kappa shape index (κ2) is 10.8. The molecule has 0 spiro atoms. The second-order valence-corrected chi connectivity index (χ2v) is 10.1. The Kier molecular flexibility index (Phi) is 7.59. The van der Waals surface area contributed by atoms with Gasteiger partial charge >= 0.3 is 0 Å². The van der Waals surface area contributed by atoms with E-state index < -0.39 is 10.0 Å². The monoisotopic (exact) mass is 483 g/mol. The van der Waals surface area contributed by atoms with Gasteiger partial charge in [-0.2, -0.15) is 8.99 Å². The zero-order valence-corrected chi connectivity index (χ0v) is 20.2. The SMILES string of the molecule is COc1ccc(CN(CCC2=CCCCC2)S(=O)(=O)c2ccc(-n3cnnn3)c(OC)c2)cc1. The van der Waals surface area contributed by atoms with Crippen LogP contribution >= 0.6 is 0 Å². The van der Waals surface area contributed by atoms with Crippen LogP contribution < -0.4 is 9.47 Å². The summed E-state index contributed by atoms with van der Waals surface area (Å²) < 4.78 is 41.2. The Bertz CT molecular complexity index is 1220. The van der Waals surface area contributed by atoms with E-state index in [0.717, 1.165) is 37.0 Å². The van der Waals surface area contributed by atoms with E-state index in [-0.39, 0.29) is 11.4 Å². The average Bonchev–Trinajstić information content (AvgIpc) is 3.42. The van der Waals surface area contributed by atoms with Crippen LogP contribution in [0.2, 0.25) is 0 Å². The fourth-order valence-electron chi connectivity index (χ4n) is 4.05. The van der Waals surface area contributed by atoms with Gasteiger partial charge in [0.05, 0.1) is 19.1 Å². The van der Waals surface area contributed by atoms with Crippen LogP contribution in [0.5, 0.6) is 11.5 Å². The van der Waals surface area contributed by atoms with Gasteiger partial charge in [-0.25, -0.2) is 8.42 Å². The standard InChI is InChI=1S/C24H29N5O4S/c1-32-21-10-8-20(9-11-21)17-28(15-14-19-6-4-3-5-7-19)34(30,31)22-12-13-23(24(16-22)33-2)29-18-25-26-27-29/h6,8-13,16,18H,3-5,7,14-15,17H2,1-2H3. The maximum absolute atomic E-state index is 13.8. The Balaban J connectivity index is 1.64. The van der Waals surface area contributed by atoms with Gasteiger partial charge in [0.25, 0.3) is 0 Å². The van der Waals surface area contributed by atoms with E-state index in [2.05, 4.69) is 21.6 Å². The van der Waals surface area contributed by atoms with E-state index in [0.29, 0.717) is 18.0 Å². The van der Waals surface area contributed by atoms with E-state index in [1.165, 1.54) is 40.5 Å². The summed E-state index contributed by atoms with van der Waals surface area (Å²) >= 11 is 0. The van der Waals surface area contributed by atoms with Gasteiger partial charge in [0.2, 0.25) is 10.0 Å². The van der Waals surface area contributed by atoms with Crippen LogP contribution in [0, 0.1) is 0 Å². The molecule has 3 aromatic rings. The zero-order chi connectivity index (χ0) is 24.0. The summed E-state index contributed by atoms with van der Waals surface area (Å²) in [5.41, 5.74) is 2.77. The highest BCUT2D eigenvalue weighted by molar-refractivity contribution is 7.89. The highest BCUT2D eigenvalue weighted by Crippen LogP contribution is 2.29. The minimum atomic E-state index is -3.80. The molecule has 0 amide bonds. The number of hydrogen-bond donors (Lipinski definition) is 0. The van der Waals surface area contributed by atoms with Crippen LogP contribution in [-0.2, 0) is 16.6 Å². The molecule has 1 aliphatic carbocycles. The van der Waals surface area contributed by atoms with E-state index in [1.807, 2.05) is 24.3 Å². The first-order chi connectivity index (χ1) is 16.5. The van der Waals surface area contributed by atoms with Gasteiger partial charge in [-0.15, -0.1) is 5.10 Å². The molecular weight excluding hydrogens is 454 g/mol. The molecule has 0 bridgehead atoms. The number of tetrazole rings is 1. The molecule has 0 fully saturated rings. The topological polar surface area (TPSA) is 99.4 Å². The van der Waals surface area contributed by atoms with Crippen molar-refractivity contribution in [2.24, 2.45) is 0 Å². The van der Waals surface area contributed by atoms with Gasteiger partial charge in [-0.3, -0.25) is 0 Å². The summed E-state index contributed by atoms with van der Waals surface area (Å²) in [6, 6.07) is 12.2. The summed E-state index contributed by atoms with van der Waals surface area (Å²) in [5, 5.41) is 11.1. The summed E-state index contributed by atoms with van der Waals surface area (Å²) in [6.45, 7) is 0.661. The molecule has 10 heteroatoms. The quantitative estimate of drug-likeness (QED) is 0.405. The summed E-state index contributed by atoms with van der Waals surface area (Å²) in [7, 11) is -0.702. The van der Waals surface area contributed by atoms with Crippen LogP contribution in [0.3, 0.4) is 0 Å².